The van der Waals surface area contributed by atoms with E-state index in [1.807, 2.05) is 6.92 Å². The molecule has 1 aromatic carbocycles. The van der Waals surface area contributed by atoms with Crippen LogP contribution in [-0.4, -0.2) is 54.7 Å². The number of carbonyl (C=O) groups is 2. The highest BCUT2D eigenvalue weighted by Crippen LogP contribution is 2.36. The number of nitrogens with zero attached hydrogens (tertiary/aromatic N) is 7. The SMILES string of the molecule is Cc1nc(C(C)n2cc(NC(=O)c3cncc(-c4c(OC(F)F)ccc(Cl)c4F)n3)cn2)cnc1N1CCCC1=O. The maximum Gasteiger partial charge on any atom is 0.387 e. The average molecular weight is 587 g/mol. The lowest BCUT2D eigenvalue weighted by Gasteiger charge is -2.18. The number of hydrogen-bond donors (Lipinski definition) is 1. The summed E-state index contributed by atoms with van der Waals surface area (Å²) in [7, 11) is 0. The van der Waals surface area contributed by atoms with Crippen LogP contribution in [0.15, 0.2) is 43.1 Å². The van der Waals surface area contributed by atoms with Crippen molar-refractivity contribution >= 4 is 34.9 Å². The number of anilines is 2. The van der Waals surface area contributed by atoms with Crippen LogP contribution in [0.5, 0.6) is 5.75 Å². The highest BCUT2D eigenvalue weighted by atomic mass is 35.5. The van der Waals surface area contributed by atoms with Crippen molar-refractivity contribution in [2.75, 3.05) is 16.8 Å². The molecule has 1 unspecified atom stereocenters. The van der Waals surface area contributed by atoms with E-state index in [0.717, 1.165) is 30.9 Å². The first-order chi connectivity index (χ1) is 19.6. The Morgan fingerprint density at radius 2 is 1.98 bits per heavy atom. The fraction of sp³-hybridized carbons (Fsp3) is 0.269. The molecule has 1 aliphatic heterocycles. The van der Waals surface area contributed by atoms with Gasteiger partial charge in [0.25, 0.3) is 5.91 Å². The number of ether oxygens (including phenoxy) is 1. The first kappa shape index (κ1) is 28.0. The molecule has 41 heavy (non-hydrogen) atoms. The summed E-state index contributed by atoms with van der Waals surface area (Å²) in [4.78, 5) is 43.7. The molecule has 0 spiro atoms. The molecule has 2 amide bonds. The number of rotatable bonds is 8. The van der Waals surface area contributed by atoms with Crippen molar-refractivity contribution < 1.29 is 27.5 Å². The summed E-state index contributed by atoms with van der Waals surface area (Å²) in [6.07, 6.45) is 8.06. The Hall–Kier alpha value is -4.59. The highest BCUT2D eigenvalue weighted by molar-refractivity contribution is 6.31. The van der Waals surface area contributed by atoms with Crippen molar-refractivity contribution in [3.63, 3.8) is 0 Å². The van der Waals surface area contributed by atoms with Crippen LogP contribution >= 0.6 is 11.6 Å². The number of amides is 2. The van der Waals surface area contributed by atoms with Crippen LogP contribution in [0.2, 0.25) is 5.02 Å². The van der Waals surface area contributed by atoms with Gasteiger partial charge in [-0.15, -0.1) is 0 Å². The molecular formula is C26H22ClF3N8O3. The van der Waals surface area contributed by atoms with E-state index in [-0.39, 0.29) is 28.4 Å². The van der Waals surface area contributed by atoms with Crippen LogP contribution in [0.4, 0.5) is 24.7 Å². The van der Waals surface area contributed by atoms with Crippen LogP contribution in [0.3, 0.4) is 0 Å². The average Bonchev–Trinajstić information content (AvgIpc) is 3.59. The Balaban J connectivity index is 1.33. The van der Waals surface area contributed by atoms with E-state index in [4.69, 9.17) is 11.6 Å². The van der Waals surface area contributed by atoms with E-state index in [0.29, 0.717) is 35.9 Å². The summed E-state index contributed by atoms with van der Waals surface area (Å²) in [5.74, 6) is -1.72. The van der Waals surface area contributed by atoms with Gasteiger partial charge in [0.05, 0.1) is 64.2 Å². The maximum atomic E-state index is 14.8. The second-order valence-electron chi connectivity index (χ2n) is 9.09. The van der Waals surface area contributed by atoms with E-state index >= 15 is 0 Å². The van der Waals surface area contributed by atoms with Crippen LogP contribution in [0.25, 0.3) is 11.3 Å². The van der Waals surface area contributed by atoms with Crippen molar-refractivity contribution in [1.82, 2.24) is 29.7 Å². The van der Waals surface area contributed by atoms with Crippen LogP contribution in [0.1, 0.15) is 47.7 Å². The Morgan fingerprint density at radius 3 is 2.68 bits per heavy atom. The smallest absolute Gasteiger partial charge is 0.387 e. The van der Waals surface area contributed by atoms with Gasteiger partial charge in [-0.25, -0.2) is 14.4 Å². The minimum atomic E-state index is -3.23. The van der Waals surface area contributed by atoms with E-state index in [9.17, 15) is 22.8 Å². The van der Waals surface area contributed by atoms with Gasteiger partial charge in [0.1, 0.15) is 11.4 Å². The zero-order valence-electron chi connectivity index (χ0n) is 21.7. The van der Waals surface area contributed by atoms with Gasteiger partial charge >= 0.3 is 6.61 Å². The van der Waals surface area contributed by atoms with Crippen LogP contribution in [-0.2, 0) is 4.79 Å². The van der Waals surface area contributed by atoms with E-state index < -0.39 is 29.6 Å². The fourth-order valence-electron chi connectivity index (χ4n) is 4.34. The molecule has 1 saturated heterocycles. The van der Waals surface area contributed by atoms with E-state index in [1.54, 1.807) is 28.9 Å². The number of carbonyl (C=O) groups excluding carboxylic acids is 2. The maximum absolute atomic E-state index is 14.8. The predicted octanol–water partition coefficient (Wildman–Crippen LogP) is 4.82. The van der Waals surface area contributed by atoms with Gasteiger partial charge in [0.2, 0.25) is 5.91 Å². The number of halogens is 4. The summed E-state index contributed by atoms with van der Waals surface area (Å²) in [5.41, 5.74) is 0.612. The molecule has 3 aromatic heterocycles. The first-order valence-electron chi connectivity index (χ1n) is 12.4. The Morgan fingerprint density at radius 1 is 1.17 bits per heavy atom. The van der Waals surface area contributed by atoms with Crippen LogP contribution < -0.4 is 15.0 Å². The lowest BCUT2D eigenvalue weighted by Crippen LogP contribution is -2.26. The molecule has 15 heteroatoms. The molecule has 0 saturated carbocycles. The normalized spacial score (nSPS) is 14.0. The topological polar surface area (TPSA) is 128 Å². The third-order valence-corrected chi connectivity index (χ3v) is 6.64. The monoisotopic (exact) mass is 586 g/mol. The van der Waals surface area contributed by atoms with Crippen molar-refractivity contribution in [3.8, 4) is 17.0 Å². The van der Waals surface area contributed by atoms with Gasteiger partial charge < -0.3 is 10.1 Å². The van der Waals surface area contributed by atoms with Gasteiger partial charge in [0, 0.05) is 19.2 Å². The van der Waals surface area contributed by atoms with E-state index in [1.165, 1.54) is 6.20 Å². The summed E-state index contributed by atoms with van der Waals surface area (Å²) in [5, 5.41) is 6.56. The minimum Gasteiger partial charge on any atom is -0.434 e. The Kier molecular flexibility index (Phi) is 7.83. The molecule has 212 valence electrons. The molecule has 1 atom stereocenters. The molecular weight excluding hydrogens is 565 g/mol. The van der Waals surface area contributed by atoms with Gasteiger partial charge in [0.15, 0.2) is 11.6 Å². The van der Waals surface area contributed by atoms with Crippen molar-refractivity contribution in [2.24, 2.45) is 0 Å². The van der Waals surface area contributed by atoms with Gasteiger partial charge in [-0.3, -0.25) is 29.1 Å². The summed E-state index contributed by atoms with van der Waals surface area (Å²) in [6, 6.07) is 1.77. The lowest BCUT2D eigenvalue weighted by atomic mass is 10.1. The molecule has 11 nitrogen and oxygen atoms in total. The molecule has 1 aliphatic rings. The second kappa shape index (κ2) is 11.5. The highest BCUT2D eigenvalue weighted by Gasteiger charge is 2.26. The van der Waals surface area contributed by atoms with Gasteiger partial charge in [-0.05, 0) is 32.4 Å². The summed E-state index contributed by atoms with van der Waals surface area (Å²) >= 11 is 5.83. The van der Waals surface area contributed by atoms with Crippen molar-refractivity contribution in [2.45, 2.75) is 39.3 Å². The summed E-state index contributed by atoms with van der Waals surface area (Å²) in [6.45, 7) is 1.01. The number of hydrogen-bond acceptors (Lipinski definition) is 8. The quantitative estimate of drug-likeness (QED) is 0.311. The largest absolute Gasteiger partial charge is 0.434 e. The first-order valence-corrected chi connectivity index (χ1v) is 12.7. The third kappa shape index (κ3) is 5.82. The zero-order valence-corrected chi connectivity index (χ0v) is 22.4. The standard InChI is InChI=1S/C26H22ClF3N8O3/c1-13-24(37-7-3-4-21(37)39)32-11-17(34-13)14(2)38-12-15(8-33-38)35-25(40)19-10-31-9-18(36-19)22-20(41-26(29)30)6-5-16(27)23(22)28/h5-6,8-12,14,26H,3-4,7H2,1-2H3,(H,35,40). The molecule has 0 bridgehead atoms. The van der Waals surface area contributed by atoms with Crippen LogP contribution in [0, 0.1) is 12.7 Å². The number of nitrogens with one attached hydrogen (secondary N) is 1. The molecule has 0 radical (unpaired) electrons. The Labute approximate surface area is 236 Å². The predicted molar refractivity (Wildman–Crippen MR) is 141 cm³/mol. The number of aromatic nitrogens is 6. The number of aryl methyl sites for hydroxylation is 1. The third-order valence-electron chi connectivity index (χ3n) is 6.35. The van der Waals surface area contributed by atoms with Gasteiger partial charge in [-0.2, -0.15) is 13.9 Å². The van der Waals surface area contributed by atoms with Gasteiger partial charge in [-0.1, -0.05) is 11.6 Å². The molecule has 1 N–H and O–H groups in total. The number of benzene rings is 1. The van der Waals surface area contributed by atoms with Crippen molar-refractivity contribution in [1.29, 1.82) is 0 Å². The molecule has 1 fully saturated rings. The molecule has 4 aromatic rings. The molecule has 4 heterocycles. The molecule has 5 rings (SSSR count). The number of alkyl halides is 2. The second-order valence-corrected chi connectivity index (χ2v) is 9.50. The fourth-order valence-corrected chi connectivity index (χ4v) is 4.50. The molecule has 0 aliphatic carbocycles. The lowest BCUT2D eigenvalue weighted by molar-refractivity contribution is -0.117. The zero-order chi connectivity index (χ0) is 29.3. The minimum absolute atomic E-state index is 0.0190. The van der Waals surface area contributed by atoms with E-state index in [2.05, 4.69) is 35.1 Å². The Bertz CT molecular complexity index is 1630. The van der Waals surface area contributed by atoms with Crippen molar-refractivity contribution in [3.05, 3.63) is 71.0 Å². The summed E-state index contributed by atoms with van der Waals surface area (Å²) < 4.78 is 46.5.